The van der Waals surface area contributed by atoms with Crippen LogP contribution in [0.5, 0.6) is 0 Å². The van der Waals surface area contributed by atoms with Gasteiger partial charge in [0.05, 0.1) is 23.7 Å². The number of nitrogens with zero attached hydrogens (tertiary/aromatic N) is 2. The fourth-order valence-corrected chi connectivity index (χ4v) is 2.56. The zero-order valence-corrected chi connectivity index (χ0v) is 13.6. The molecule has 0 saturated carbocycles. The quantitative estimate of drug-likeness (QED) is 0.775. The highest BCUT2D eigenvalue weighted by atomic mass is 16.3. The number of pyridine rings is 1. The monoisotopic (exact) mass is 278 g/mol. The van der Waals surface area contributed by atoms with E-state index in [1.54, 1.807) is 0 Å². The van der Waals surface area contributed by atoms with E-state index in [9.17, 15) is 5.11 Å². The lowest BCUT2D eigenvalue weighted by Gasteiger charge is -2.34. The van der Waals surface area contributed by atoms with Gasteiger partial charge >= 0.3 is 0 Å². The van der Waals surface area contributed by atoms with E-state index in [2.05, 4.69) is 43.6 Å². The Morgan fingerprint density at radius 3 is 2.15 bits per heavy atom. The lowest BCUT2D eigenvalue weighted by molar-refractivity contribution is 0.169. The molecule has 114 valence electrons. The fourth-order valence-electron chi connectivity index (χ4n) is 2.56. The molecule has 0 bridgehead atoms. The maximum absolute atomic E-state index is 9.83. The van der Waals surface area contributed by atoms with Crippen molar-refractivity contribution in [2.75, 3.05) is 11.4 Å². The van der Waals surface area contributed by atoms with E-state index in [4.69, 9.17) is 0 Å². The highest BCUT2D eigenvalue weighted by Crippen LogP contribution is 2.23. The van der Waals surface area contributed by atoms with Gasteiger partial charge in [-0.05, 0) is 37.3 Å². The Kier molecular flexibility index (Phi) is 7.00. The van der Waals surface area contributed by atoms with Crippen LogP contribution in [-0.4, -0.2) is 22.7 Å². The second-order valence-corrected chi connectivity index (χ2v) is 5.88. The van der Waals surface area contributed by atoms with Crippen LogP contribution < -0.4 is 4.90 Å². The Labute approximate surface area is 124 Å². The van der Waals surface area contributed by atoms with Gasteiger partial charge in [0.15, 0.2) is 0 Å². The molecule has 0 aliphatic heterocycles. The third-order valence-corrected chi connectivity index (χ3v) is 3.78. The zero-order chi connectivity index (χ0) is 15.1. The first kappa shape index (κ1) is 17.0. The predicted octanol–water partition coefficient (Wildman–Crippen LogP) is 4.18. The molecule has 0 amide bonds. The first-order valence-corrected chi connectivity index (χ1v) is 7.94. The molecule has 1 N–H and O–H groups in total. The minimum absolute atomic E-state index is 0.448. The zero-order valence-electron chi connectivity index (χ0n) is 13.6. The lowest BCUT2D eigenvalue weighted by atomic mass is 10.1. The molecule has 0 unspecified atom stereocenters. The van der Waals surface area contributed by atoms with Crippen LogP contribution in [0.4, 0.5) is 5.69 Å². The van der Waals surface area contributed by atoms with Crippen LogP contribution in [0.1, 0.15) is 65.7 Å². The molecule has 0 saturated heterocycles. The molecule has 3 nitrogen and oxygen atoms in total. The number of anilines is 1. The predicted molar refractivity (Wildman–Crippen MR) is 86.0 cm³/mol. The van der Waals surface area contributed by atoms with Crippen molar-refractivity contribution in [3.05, 3.63) is 24.0 Å². The number of hydrogen-bond donors (Lipinski definition) is 1. The molecule has 1 rings (SSSR count). The van der Waals surface area contributed by atoms with Crippen LogP contribution >= 0.6 is 0 Å². The van der Waals surface area contributed by atoms with Gasteiger partial charge in [0.25, 0.3) is 0 Å². The Bertz CT molecular complexity index is 371. The number of rotatable bonds is 8. The van der Waals surface area contributed by atoms with E-state index in [1.807, 2.05) is 19.2 Å². The summed E-state index contributed by atoms with van der Waals surface area (Å²) in [5.74, 6) is 0.622. The SMILES string of the molecule is CCC(CC)N(CC(C)C)c1ccc([C@H](O)CC)nc1. The first-order valence-electron chi connectivity index (χ1n) is 7.94. The Hall–Kier alpha value is -1.09. The summed E-state index contributed by atoms with van der Waals surface area (Å²) in [6, 6.07) is 4.61. The van der Waals surface area contributed by atoms with E-state index in [-0.39, 0.29) is 0 Å². The van der Waals surface area contributed by atoms with Crippen molar-refractivity contribution in [3.8, 4) is 0 Å². The van der Waals surface area contributed by atoms with Crippen molar-refractivity contribution in [3.63, 3.8) is 0 Å². The van der Waals surface area contributed by atoms with Gasteiger partial charge in [-0.2, -0.15) is 0 Å². The largest absolute Gasteiger partial charge is 0.387 e. The maximum atomic E-state index is 9.83. The van der Waals surface area contributed by atoms with Gasteiger partial charge < -0.3 is 10.0 Å². The molecule has 1 atom stereocenters. The molecule has 0 aromatic carbocycles. The Morgan fingerprint density at radius 2 is 1.75 bits per heavy atom. The van der Waals surface area contributed by atoms with Gasteiger partial charge in [-0.1, -0.05) is 34.6 Å². The standard InChI is InChI=1S/C17H30N2O/c1-6-14(7-2)19(12-13(4)5)15-9-10-16(18-11-15)17(20)8-3/h9-11,13-14,17,20H,6-8,12H2,1-5H3/t17-/m1/s1. The second kappa shape index (κ2) is 8.25. The lowest BCUT2D eigenvalue weighted by Crippen LogP contribution is -2.37. The van der Waals surface area contributed by atoms with Gasteiger partial charge in [-0.25, -0.2) is 0 Å². The molecule has 0 fully saturated rings. The Morgan fingerprint density at radius 1 is 1.10 bits per heavy atom. The third-order valence-electron chi connectivity index (χ3n) is 3.78. The second-order valence-electron chi connectivity index (χ2n) is 5.88. The average Bonchev–Trinajstić information content (AvgIpc) is 2.46. The van der Waals surface area contributed by atoms with Gasteiger partial charge in [-0.15, -0.1) is 0 Å². The van der Waals surface area contributed by atoms with Gasteiger partial charge in [0, 0.05) is 12.6 Å². The minimum atomic E-state index is -0.448. The van der Waals surface area contributed by atoms with Gasteiger partial charge in [0.2, 0.25) is 0 Å². The Balaban J connectivity index is 2.95. The molecule has 1 aromatic rings. The topological polar surface area (TPSA) is 36.4 Å². The van der Waals surface area contributed by atoms with Crippen LogP contribution in [0.3, 0.4) is 0 Å². The molecule has 1 heterocycles. The first-order chi connectivity index (χ1) is 9.53. The third kappa shape index (κ3) is 4.48. The van der Waals surface area contributed by atoms with Gasteiger partial charge in [0.1, 0.15) is 0 Å². The van der Waals surface area contributed by atoms with Crippen LogP contribution in [0.15, 0.2) is 18.3 Å². The van der Waals surface area contributed by atoms with Gasteiger partial charge in [-0.3, -0.25) is 4.98 Å². The molecule has 20 heavy (non-hydrogen) atoms. The summed E-state index contributed by atoms with van der Waals surface area (Å²) >= 11 is 0. The van der Waals surface area contributed by atoms with Crippen molar-refractivity contribution in [2.45, 2.75) is 66.0 Å². The fraction of sp³-hybridized carbons (Fsp3) is 0.706. The maximum Gasteiger partial charge on any atom is 0.0957 e. The average molecular weight is 278 g/mol. The minimum Gasteiger partial charge on any atom is -0.387 e. The molecule has 1 aromatic heterocycles. The van der Waals surface area contributed by atoms with Crippen molar-refractivity contribution in [2.24, 2.45) is 5.92 Å². The summed E-state index contributed by atoms with van der Waals surface area (Å²) in [4.78, 5) is 6.90. The molecule has 3 heteroatoms. The van der Waals surface area contributed by atoms with Crippen molar-refractivity contribution < 1.29 is 5.11 Å². The van der Waals surface area contributed by atoms with E-state index < -0.39 is 6.10 Å². The molecule has 0 radical (unpaired) electrons. The molecular weight excluding hydrogens is 248 g/mol. The number of aliphatic hydroxyl groups is 1. The summed E-state index contributed by atoms with van der Waals surface area (Å²) in [7, 11) is 0. The molecular formula is C17H30N2O. The van der Waals surface area contributed by atoms with Crippen LogP contribution in [-0.2, 0) is 0 Å². The highest BCUT2D eigenvalue weighted by Gasteiger charge is 2.17. The summed E-state index contributed by atoms with van der Waals surface area (Å²) in [5.41, 5.74) is 1.93. The summed E-state index contributed by atoms with van der Waals surface area (Å²) < 4.78 is 0. The van der Waals surface area contributed by atoms with E-state index in [1.165, 1.54) is 5.69 Å². The van der Waals surface area contributed by atoms with Crippen molar-refractivity contribution in [1.82, 2.24) is 4.98 Å². The normalized spacial score (nSPS) is 13.0. The number of aliphatic hydroxyl groups excluding tert-OH is 1. The molecule has 0 aliphatic rings. The van der Waals surface area contributed by atoms with Crippen LogP contribution in [0.25, 0.3) is 0 Å². The highest BCUT2D eigenvalue weighted by molar-refractivity contribution is 5.46. The van der Waals surface area contributed by atoms with E-state index in [0.717, 1.165) is 25.1 Å². The van der Waals surface area contributed by atoms with E-state index in [0.29, 0.717) is 18.4 Å². The van der Waals surface area contributed by atoms with E-state index >= 15 is 0 Å². The number of aromatic nitrogens is 1. The summed E-state index contributed by atoms with van der Waals surface area (Å²) in [6.07, 6.45) is 4.45. The molecule has 0 spiro atoms. The molecule has 0 aliphatic carbocycles. The number of hydrogen-bond acceptors (Lipinski definition) is 3. The van der Waals surface area contributed by atoms with Crippen molar-refractivity contribution in [1.29, 1.82) is 0 Å². The summed E-state index contributed by atoms with van der Waals surface area (Å²) in [5, 5.41) is 9.83. The van der Waals surface area contributed by atoms with Crippen LogP contribution in [0, 0.1) is 5.92 Å². The van der Waals surface area contributed by atoms with Crippen LogP contribution in [0.2, 0.25) is 0 Å². The van der Waals surface area contributed by atoms with Crippen molar-refractivity contribution >= 4 is 5.69 Å². The summed E-state index contributed by atoms with van der Waals surface area (Å²) in [6.45, 7) is 12.0. The smallest absolute Gasteiger partial charge is 0.0957 e.